The summed E-state index contributed by atoms with van der Waals surface area (Å²) in [5.41, 5.74) is 5.31. The van der Waals surface area contributed by atoms with Crippen LogP contribution in [0.4, 0.5) is 0 Å². The normalized spacial score (nSPS) is 13.8. The van der Waals surface area contributed by atoms with E-state index in [4.69, 9.17) is 10.3 Å². The molecular formula is C5H12N2O4S2. The van der Waals surface area contributed by atoms with E-state index in [1.54, 1.807) is 0 Å². The van der Waals surface area contributed by atoms with E-state index in [2.05, 4.69) is 0 Å². The molecule has 0 bridgehead atoms. The highest BCUT2D eigenvalue weighted by Gasteiger charge is 2.17. The molecule has 0 rings (SSSR count). The van der Waals surface area contributed by atoms with Crippen molar-refractivity contribution in [3.05, 3.63) is 0 Å². The number of carbonyl (C=O) groups excluding carboxylic acids is 1. The van der Waals surface area contributed by atoms with Crippen molar-refractivity contribution in [3.8, 4) is 0 Å². The van der Waals surface area contributed by atoms with Crippen molar-refractivity contribution in [2.45, 2.75) is 12.5 Å². The Morgan fingerprint density at radius 3 is 2.62 bits per heavy atom. The number of thioether (sulfide) groups is 1. The molecule has 4 N–H and O–H groups in total. The molecular weight excluding hydrogens is 216 g/mol. The average Bonchev–Trinajstić information content (AvgIpc) is 1.96. The fourth-order valence-electron chi connectivity index (χ4n) is 0.579. The van der Waals surface area contributed by atoms with Gasteiger partial charge in [-0.25, -0.2) is 4.72 Å². The standard InChI is InChI=1S/C5H12N2O4S2/c1-12-3-2-4(6)5(8)7-13(9,10)11/h4H,2-3,6H2,1H3,(H,7,8)(H,9,10,11)/t4-/m0/s1. The molecule has 0 radical (unpaired) electrons. The molecule has 0 aliphatic carbocycles. The molecule has 0 fully saturated rings. The number of carbonyl (C=O) groups is 1. The van der Waals surface area contributed by atoms with Crippen molar-refractivity contribution in [3.63, 3.8) is 0 Å². The van der Waals surface area contributed by atoms with Gasteiger partial charge >= 0.3 is 10.3 Å². The molecule has 0 aromatic heterocycles. The van der Waals surface area contributed by atoms with E-state index in [1.165, 1.54) is 16.5 Å². The predicted molar refractivity (Wildman–Crippen MR) is 50.7 cm³/mol. The van der Waals surface area contributed by atoms with Gasteiger partial charge in [0, 0.05) is 0 Å². The number of amides is 1. The van der Waals surface area contributed by atoms with Crippen LogP contribution in [0, 0.1) is 0 Å². The van der Waals surface area contributed by atoms with Gasteiger partial charge in [0.25, 0.3) is 5.91 Å². The summed E-state index contributed by atoms with van der Waals surface area (Å²) >= 11 is 1.49. The lowest BCUT2D eigenvalue weighted by atomic mass is 10.2. The van der Waals surface area contributed by atoms with E-state index in [0.717, 1.165) is 0 Å². The highest BCUT2D eigenvalue weighted by Crippen LogP contribution is 1.98. The zero-order valence-electron chi connectivity index (χ0n) is 7.06. The van der Waals surface area contributed by atoms with Crippen molar-refractivity contribution < 1.29 is 17.8 Å². The van der Waals surface area contributed by atoms with Crippen LogP contribution in [-0.2, 0) is 15.1 Å². The SMILES string of the molecule is CSCC[C@H](N)C(=O)NS(=O)(=O)O. The highest BCUT2D eigenvalue weighted by atomic mass is 32.2. The van der Waals surface area contributed by atoms with Crippen LogP contribution in [0.25, 0.3) is 0 Å². The summed E-state index contributed by atoms with van der Waals surface area (Å²) in [4.78, 5) is 10.9. The second-order valence-electron chi connectivity index (χ2n) is 2.33. The largest absolute Gasteiger partial charge is 0.359 e. The van der Waals surface area contributed by atoms with Gasteiger partial charge in [0.15, 0.2) is 0 Å². The lowest BCUT2D eigenvalue weighted by Crippen LogP contribution is -2.43. The molecule has 0 aliphatic rings. The lowest BCUT2D eigenvalue weighted by molar-refractivity contribution is -0.120. The van der Waals surface area contributed by atoms with Crippen molar-refractivity contribution in [2.75, 3.05) is 12.0 Å². The van der Waals surface area contributed by atoms with Crippen molar-refractivity contribution in [1.82, 2.24) is 4.72 Å². The third-order valence-electron chi connectivity index (χ3n) is 1.20. The van der Waals surface area contributed by atoms with Gasteiger partial charge in [-0.3, -0.25) is 9.35 Å². The number of nitrogens with two attached hydrogens (primary N) is 1. The molecule has 0 aromatic rings. The van der Waals surface area contributed by atoms with Crippen LogP contribution in [0.5, 0.6) is 0 Å². The van der Waals surface area contributed by atoms with Gasteiger partial charge in [0.05, 0.1) is 6.04 Å². The molecule has 0 heterocycles. The Morgan fingerprint density at radius 1 is 1.69 bits per heavy atom. The summed E-state index contributed by atoms with van der Waals surface area (Å²) in [6.45, 7) is 0. The number of hydrogen-bond acceptors (Lipinski definition) is 5. The van der Waals surface area contributed by atoms with Gasteiger partial charge in [-0.05, 0) is 18.4 Å². The Labute approximate surface area is 81.1 Å². The molecule has 13 heavy (non-hydrogen) atoms. The van der Waals surface area contributed by atoms with Crippen LogP contribution in [-0.4, -0.2) is 36.9 Å². The fourth-order valence-corrected chi connectivity index (χ4v) is 1.47. The summed E-state index contributed by atoms with van der Waals surface area (Å²) < 4.78 is 30.0. The topological polar surface area (TPSA) is 109 Å². The van der Waals surface area contributed by atoms with Crippen LogP contribution in [0.2, 0.25) is 0 Å². The van der Waals surface area contributed by atoms with Crippen LogP contribution >= 0.6 is 11.8 Å². The third-order valence-corrected chi connectivity index (χ3v) is 2.30. The van der Waals surface area contributed by atoms with Crippen LogP contribution in [0.1, 0.15) is 6.42 Å². The Kier molecular flexibility index (Phi) is 5.30. The van der Waals surface area contributed by atoms with Crippen LogP contribution in [0.3, 0.4) is 0 Å². The Morgan fingerprint density at radius 2 is 2.23 bits per heavy atom. The Hall–Kier alpha value is -0.310. The number of hydrogen-bond donors (Lipinski definition) is 3. The number of rotatable bonds is 5. The summed E-state index contributed by atoms with van der Waals surface area (Å²) in [6, 6.07) is -0.908. The number of nitrogens with one attached hydrogen (secondary N) is 1. The predicted octanol–water partition coefficient (Wildman–Crippen LogP) is -1.01. The molecule has 0 aromatic carbocycles. The molecule has 1 atom stereocenters. The average molecular weight is 228 g/mol. The van der Waals surface area contributed by atoms with Crippen molar-refractivity contribution in [2.24, 2.45) is 5.73 Å². The second kappa shape index (κ2) is 5.43. The summed E-state index contributed by atoms with van der Waals surface area (Å²) in [5.74, 6) is -0.239. The quantitative estimate of drug-likeness (QED) is 0.520. The Bertz CT molecular complexity index is 264. The van der Waals surface area contributed by atoms with Gasteiger partial charge in [-0.2, -0.15) is 20.2 Å². The van der Waals surface area contributed by atoms with Crippen LogP contribution in [0.15, 0.2) is 0 Å². The molecule has 0 unspecified atom stereocenters. The maximum absolute atomic E-state index is 10.9. The molecule has 0 aliphatic heterocycles. The van der Waals surface area contributed by atoms with Gasteiger partial charge in [0.2, 0.25) is 0 Å². The zero-order chi connectivity index (χ0) is 10.5. The Balaban J connectivity index is 3.97. The van der Waals surface area contributed by atoms with Gasteiger partial charge < -0.3 is 5.73 Å². The minimum Gasteiger partial charge on any atom is -0.320 e. The minimum atomic E-state index is -4.48. The second-order valence-corrected chi connectivity index (χ2v) is 4.47. The summed E-state index contributed by atoms with van der Waals surface area (Å²) in [6.07, 6.45) is 2.20. The van der Waals surface area contributed by atoms with E-state index < -0.39 is 22.3 Å². The first kappa shape index (κ1) is 12.7. The minimum absolute atomic E-state index is 0.364. The fraction of sp³-hybridized carbons (Fsp3) is 0.800. The van der Waals surface area contributed by atoms with Crippen molar-refractivity contribution in [1.29, 1.82) is 0 Å². The van der Waals surface area contributed by atoms with E-state index in [0.29, 0.717) is 12.2 Å². The summed E-state index contributed by atoms with van der Waals surface area (Å²) in [7, 11) is -4.48. The maximum Gasteiger partial charge on any atom is 0.359 e. The maximum atomic E-state index is 10.9. The molecule has 0 saturated carbocycles. The molecule has 78 valence electrons. The first-order valence-corrected chi connectivity index (χ1v) is 6.24. The van der Waals surface area contributed by atoms with Gasteiger partial charge in [0.1, 0.15) is 0 Å². The first-order chi connectivity index (χ1) is 5.87. The molecule has 0 saturated heterocycles. The molecule has 1 amide bonds. The highest BCUT2D eigenvalue weighted by molar-refractivity contribution is 7.98. The van der Waals surface area contributed by atoms with E-state index >= 15 is 0 Å². The van der Waals surface area contributed by atoms with E-state index in [1.807, 2.05) is 6.26 Å². The van der Waals surface area contributed by atoms with Crippen LogP contribution < -0.4 is 10.5 Å². The van der Waals surface area contributed by atoms with Crippen molar-refractivity contribution >= 4 is 28.0 Å². The first-order valence-electron chi connectivity index (χ1n) is 3.40. The monoisotopic (exact) mass is 228 g/mol. The van der Waals surface area contributed by atoms with Gasteiger partial charge in [-0.1, -0.05) is 0 Å². The molecule has 6 nitrogen and oxygen atoms in total. The molecule has 0 spiro atoms. The van der Waals surface area contributed by atoms with E-state index in [-0.39, 0.29) is 0 Å². The zero-order valence-corrected chi connectivity index (χ0v) is 8.69. The lowest BCUT2D eigenvalue weighted by Gasteiger charge is -2.08. The van der Waals surface area contributed by atoms with Gasteiger partial charge in [-0.15, -0.1) is 0 Å². The molecule has 8 heteroatoms. The smallest absolute Gasteiger partial charge is 0.320 e. The van der Waals surface area contributed by atoms with E-state index in [9.17, 15) is 13.2 Å². The third kappa shape index (κ3) is 6.82. The summed E-state index contributed by atoms with van der Waals surface area (Å²) in [5, 5.41) is 0.